The molecule has 0 saturated carbocycles. The summed E-state index contributed by atoms with van der Waals surface area (Å²) in [7, 11) is 0. The summed E-state index contributed by atoms with van der Waals surface area (Å²) < 4.78 is 0. The van der Waals surface area contributed by atoms with Crippen LogP contribution in [0.5, 0.6) is 0 Å². The van der Waals surface area contributed by atoms with Crippen LogP contribution in [-0.2, 0) is 9.59 Å². The molecule has 2 heterocycles. The van der Waals surface area contributed by atoms with Crippen molar-refractivity contribution in [3.63, 3.8) is 0 Å². The highest BCUT2D eigenvalue weighted by Gasteiger charge is 2.39. The summed E-state index contributed by atoms with van der Waals surface area (Å²) in [6, 6.07) is 11.7. The smallest absolute Gasteiger partial charge is 0.232 e. The molecule has 0 saturated heterocycles. The number of hydrogen-bond donors (Lipinski definition) is 0. The summed E-state index contributed by atoms with van der Waals surface area (Å²) in [5.41, 5.74) is 3.74. The lowest BCUT2D eigenvalue weighted by Crippen LogP contribution is -2.40. The normalized spacial score (nSPS) is 21.6. The Balaban J connectivity index is 1.87. The monoisotopic (exact) mass is 323 g/mol. The van der Waals surface area contributed by atoms with E-state index in [1.54, 1.807) is 16.2 Å². The molecule has 23 heavy (non-hydrogen) atoms. The third-order valence-electron chi connectivity index (χ3n) is 4.64. The fourth-order valence-electron chi connectivity index (χ4n) is 3.63. The molecule has 0 fully saturated rings. The second kappa shape index (κ2) is 5.78. The van der Waals surface area contributed by atoms with Crippen molar-refractivity contribution in [3.05, 3.63) is 64.0 Å². The van der Waals surface area contributed by atoms with Crippen molar-refractivity contribution in [2.75, 3.05) is 4.90 Å². The van der Waals surface area contributed by atoms with Gasteiger partial charge in [0, 0.05) is 35.7 Å². The molecule has 4 heteroatoms. The maximum absolute atomic E-state index is 12.8. The van der Waals surface area contributed by atoms with Crippen LogP contribution in [0.4, 0.5) is 5.69 Å². The Labute approximate surface area is 139 Å². The molecule has 4 rings (SSSR count). The third kappa shape index (κ3) is 2.43. The number of carbonyl (C=O) groups excluding carboxylic acids is 2. The van der Waals surface area contributed by atoms with Crippen molar-refractivity contribution < 1.29 is 9.59 Å². The highest BCUT2D eigenvalue weighted by atomic mass is 32.1. The lowest BCUT2D eigenvalue weighted by molar-refractivity contribution is -0.119. The highest BCUT2D eigenvalue weighted by Crippen LogP contribution is 2.43. The van der Waals surface area contributed by atoms with Gasteiger partial charge in [-0.15, -0.1) is 0 Å². The first-order valence-electron chi connectivity index (χ1n) is 7.92. The minimum Gasteiger partial charge on any atom is -0.294 e. The van der Waals surface area contributed by atoms with Gasteiger partial charge in [-0.3, -0.25) is 14.5 Å². The minimum absolute atomic E-state index is 0.0727. The Kier molecular flexibility index (Phi) is 3.62. The number of para-hydroxylation sites is 1. The zero-order chi connectivity index (χ0) is 15.8. The molecule has 2 aliphatic rings. The van der Waals surface area contributed by atoms with Gasteiger partial charge in [0.15, 0.2) is 5.78 Å². The van der Waals surface area contributed by atoms with E-state index in [1.807, 2.05) is 41.8 Å². The molecule has 0 N–H and O–H groups in total. The lowest BCUT2D eigenvalue weighted by atomic mass is 9.78. The molecular formula is C19H17NO2S. The van der Waals surface area contributed by atoms with Gasteiger partial charge in [-0.1, -0.05) is 18.2 Å². The molecule has 0 radical (unpaired) electrons. The van der Waals surface area contributed by atoms with E-state index < -0.39 is 0 Å². The van der Waals surface area contributed by atoms with Crippen molar-refractivity contribution in [3.8, 4) is 0 Å². The van der Waals surface area contributed by atoms with Crippen molar-refractivity contribution in [2.45, 2.75) is 31.6 Å². The molecule has 1 aliphatic heterocycles. The van der Waals surface area contributed by atoms with Gasteiger partial charge in [0.05, 0.1) is 0 Å². The molecule has 2 aromatic rings. The second-order valence-electron chi connectivity index (χ2n) is 6.02. The van der Waals surface area contributed by atoms with E-state index in [4.69, 9.17) is 0 Å². The number of nitrogens with zero attached hydrogens (tertiary/aromatic N) is 1. The Morgan fingerprint density at radius 2 is 1.87 bits per heavy atom. The molecule has 0 unspecified atom stereocenters. The number of ketones is 1. The zero-order valence-electron chi connectivity index (χ0n) is 12.7. The molecule has 1 aromatic carbocycles. The van der Waals surface area contributed by atoms with E-state index in [0.29, 0.717) is 12.8 Å². The first kappa shape index (κ1) is 14.4. The van der Waals surface area contributed by atoms with Crippen LogP contribution < -0.4 is 4.90 Å². The molecule has 1 atom stereocenters. The number of thiophene rings is 1. The summed E-state index contributed by atoms with van der Waals surface area (Å²) in [5, 5.41) is 4.07. The summed E-state index contributed by atoms with van der Waals surface area (Å²) in [4.78, 5) is 27.2. The molecular weight excluding hydrogens is 306 g/mol. The zero-order valence-corrected chi connectivity index (χ0v) is 13.5. The predicted octanol–water partition coefficient (Wildman–Crippen LogP) is 4.28. The average Bonchev–Trinajstić information content (AvgIpc) is 3.09. The summed E-state index contributed by atoms with van der Waals surface area (Å²) in [6.07, 6.45) is 2.58. The number of benzene rings is 1. The van der Waals surface area contributed by atoms with Gasteiger partial charge in [0.1, 0.15) is 0 Å². The Morgan fingerprint density at radius 3 is 2.61 bits per heavy atom. The topological polar surface area (TPSA) is 37.4 Å². The SMILES string of the molecule is O=C1CCCC2=C1[C@H](c1ccsc1)CC(=O)N2c1ccccc1. The number of rotatable bonds is 2. The van der Waals surface area contributed by atoms with Crippen LogP contribution in [0.25, 0.3) is 0 Å². The molecule has 0 bridgehead atoms. The summed E-state index contributed by atoms with van der Waals surface area (Å²) >= 11 is 1.61. The number of allylic oxidation sites excluding steroid dienone is 2. The third-order valence-corrected chi connectivity index (χ3v) is 5.34. The van der Waals surface area contributed by atoms with E-state index in [1.165, 1.54) is 0 Å². The van der Waals surface area contributed by atoms with Crippen LogP contribution in [0.3, 0.4) is 0 Å². The van der Waals surface area contributed by atoms with Crippen LogP contribution in [0, 0.1) is 0 Å². The van der Waals surface area contributed by atoms with Crippen LogP contribution in [0.15, 0.2) is 58.4 Å². The Bertz CT molecular complexity index is 777. The van der Waals surface area contributed by atoms with E-state index in [2.05, 4.69) is 5.38 Å². The van der Waals surface area contributed by atoms with Gasteiger partial charge in [-0.05, 0) is 47.4 Å². The second-order valence-corrected chi connectivity index (χ2v) is 6.80. The van der Waals surface area contributed by atoms with Crippen molar-refractivity contribution >= 4 is 28.7 Å². The fraction of sp³-hybridized carbons (Fsp3) is 0.263. The summed E-state index contributed by atoms with van der Waals surface area (Å²) in [6.45, 7) is 0. The first-order valence-corrected chi connectivity index (χ1v) is 8.86. The number of carbonyl (C=O) groups is 2. The largest absolute Gasteiger partial charge is 0.294 e. The van der Waals surface area contributed by atoms with Gasteiger partial charge in [0.2, 0.25) is 5.91 Å². The number of anilines is 1. The van der Waals surface area contributed by atoms with Crippen molar-refractivity contribution in [1.29, 1.82) is 0 Å². The number of amides is 1. The first-order chi connectivity index (χ1) is 11.3. The average molecular weight is 323 g/mol. The Hall–Kier alpha value is -2.20. The fourth-order valence-corrected chi connectivity index (χ4v) is 4.34. The van der Waals surface area contributed by atoms with Gasteiger partial charge in [-0.25, -0.2) is 0 Å². The molecule has 116 valence electrons. The highest BCUT2D eigenvalue weighted by molar-refractivity contribution is 7.08. The maximum atomic E-state index is 12.8. The molecule has 1 aromatic heterocycles. The van der Waals surface area contributed by atoms with Crippen LogP contribution in [-0.4, -0.2) is 11.7 Å². The standard InChI is InChI=1S/C19H17NO2S/c21-17-8-4-7-16-19(17)15(13-9-10-23-12-13)11-18(22)20(16)14-5-2-1-3-6-14/h1-3,5-6,9-10,12,15H,4,7-8,11H2/t15-/m0/s1. The summed E-state index contributed by atoms with van der Waals surface area (Å²) in [5.74, 6) is 0.216. The Morgan fingerprint density at radius 1 is 1.04 bits per heavy atom. The van der Waals surface area contributed by atoms with Gasteiger partial charge in [0.25, 0.3) is 0 Å². The molecule has 3 nitrogen and oxygen atoms in total. The number of Topliss-reactive ketones (excluding diaryl/α,β-unsaturated/α-hetero) is 1. The molecule has 1 amide bonds. The van der Waals surface area contributed by atoms with Gasteiger partial charge >= 0.3 is 0 Å². The predicted molar refractivity (Wildman–Crippen MR) is 91.5 cm³/mol. The maximum Gasteiger partial charge on any atom is 0.232 e. The quantitative estimate of drug-likeness (QED) is 0.827. The lowest BCUT2D eigenvalue weighted by Gasteiger charge is -2.38. The van der Waals surface area contributed by atoms with E-state index in [-0.39, 0.29) is 17.6 Å². The van der Waals surface area contributed by atoms with E-state index in [0.717, 1.165) is 35.4 Å². The molecule has 1 aliphatic carbocycles. The van der Waals surface area contributed by atoms with Crippen molar-refractivity contribution in [1.82, 2.24) is 0 Å². The van der Waals surface area contributed by atoms with Crippen LogP contribution >= 0.6 is 11.3 Å². The van der Waals surface area contributed by atoms with Crippen LogP contribution in [0.2, 0.25) is 0 Å². The van der Waals surface area contributed by atoms with Gasteiger partial charge < -0.3 is 0 Å². The van der Waals surface area contributed by atoms with E-state index >= 15 is 0 Å². The van der Waals surface area contributed by atoms with Crippen molar-refractivity contribution in [2.24, 2.45) is 0 Å². The van der Waals surface area contributed by atoms with E-state index in [9.17, 15) is 9.59 Å². The minimum atomic E-state index is -0.0727. The molecule has 0 spiro atoms. The van der Waals surface area contributed by atoms with Crippen LogP contribution in [0.1, 0.15) is 37.2 Å². The van der Waals surface area contributed by atoms with Gasteiger partial charge in [-0.2, -0.15) is 11.3 Å². The number of hydrogen-bond acceptors (Lipinski definition) is 3.